The van der Waals surface area contributed by atoms with E-state index >= 15 is 0 Å². The summed E-state index contributed by atoms with van der Waals surface area (Å²) >= 11 is 3.80. The summed E-state index contributed by atoms with van der Waals surface area (Å²) in [5.41, 5.74) is 7.92. The molecule has 27 heavy (non-hydrogen) atoms. The molecule has 0 amide bonds. The third kappa shape index (κ3) is 2.01. The number of fused-ring (bicyclic) bond motifs is 5. The van der Waals surface area contributed by atoms with Crippen LogP contribution in [-0.4, -0.2) is 11.3 Å². The molecule has 5 aromatic rings. The number of hydrogen-bond acceptors (Lipinski definition) is 0. The van der Waals surface area contributed by atoms with Gasteiger partial charge in [-0.2, -0.15) is 0 Å². The van der Waals surface area contributed by atoms with E-state index < -0.39 is 0 Å². The van der Waals surface area contributed by atoms with Gasteiger partial charge in [0, 0.05) is 26.4 Å². The van der Waals surface area contributed by atoms with Gasteiger partial charge >= 0.3 is 0 Å². The highest BCUT2D eigenvalue weighted by atomic mass is 79.9. The lowest BCUT2D eigenvalue weighted by molar-refractivity contribution is 1.19. The first-order chi connectivity index (χ1) is 13.3. The minimum absolute atomic E-state index is 0.220. The molecule has 0 spiro atoms. The Kier molecular flexibility index (Phi) is 3.18. The fourth-order valence-electron chi connectivity index (χ4n) is 4.68. The normalized spacial score (nSPS) is 12.6. The van der Waals surface area contributed by atoms with Gasteiger partial charge in [0.25, 0.3) is 0 Å². The van der Waals surface area contributed by atoms with Crippen LogP contribution < -0.4 is 16.4 Å². The van der Waals surface area contributed by atoms with E-state index in [1.165, 1.54) is 43.9 Å². The molecule has 1 aromatic heterocycles. The summed E-state index contributed by atoms with van der Waals surface area (Å²) in [4.78, 5) is 0. The van der Waals surface area contributed by atoms with E-state index in [4.69, 9.17) is 0 Å². The van der Waals surface area contributed by atoms with Gasteiger partial charge < -0.3 is 4.57 Å². The highest BCUT2D eigenvalue weighted by Gasteiger charge is 2.33. The zero-order valence-electron chi connectivity index (χ0n) is 14.6. The maximum absolute atomic E-state index is 3.80. The molecule has 1 nitrogen and oxygen atoms in total. The fourth-order valence-corrected chi connectivity index (χ4v) is 5.19. The number of para-hydroxylation sites is 3. The van der Waals surface area contributed by atoms with E-state index in [9.17, 15) is 0 Å². The number of rotatable bonds is 1. The average molecular weight is 408 g/mol. The Morgan fingerprint density at radius 3 is 2.15 bits per heavy atom. The SMILES string of the molecule is Brc1ccccc1B1c2ccccc2-n2c3ccccc3c3cccc1c32. The summed E-state index contributed by atoms with van der Waals surface area (Å²) in [6.07, 6.45) is 0. The van der Waals surface area contributed by atoms with Gasteiger partial charge in [0.05, 0.1) is 5.52 Å². The van der Waals surface area contributed by atoms with Crippen molar-refractivity contribution < 1.29 is 0 Å². The first-order valence-corrected chi connectivity index (χ1v) is 9.99. The monoisotopic (exact) mass is 407 g/mol. The maximum atomic E-state index is 3.80. The van der Waals surface area contributed by atoms with Crippen LogP contribution >= 0.6 is 15.9 Å². The quantitative estimate of drug-likeness (QED) is 0.356. The van der Waals surface area contributed by atoms with Crippen molar-refractivity contribution in [2.24, 2.45) is 0 Å². The molecule has 0 N–H and O–H groups in total. The molecule has 1 aliphatic rings. The van der Waals surface area contributed by atoms with Gasteiger partial charge in [-0.1, -0.05) is 94.2 Å². The third-order valence-electron chi connectivity index (χ3n) is 5.74. The molecule has 0 saturated carbocycles. The maximum Gasteiger partial charge on any atom is 0.248 e. The Morgan fingerprint density at radius 2 is 1.26 bits per heavy atom. The molecule has 0 radical (unpaired) electrons. The van der Waals surface area contributed by atoms with Crippen LogP contribution in [0.5, 0.6) is 0 Å². The van der Waals surface area contributed by atoms with Gasteiger partial charge in [-0.3, -0.25) is 0 Å². The predicted molar refractivity (Wildman–Crippen MR) is 120 cm³/mol. The molecule has 6 rings (SSSR count). The zero-order valence-corrected chi connectivity index (χ0v) is 16.1. The second-order valence-electron chi connectivity index (χ2n) is 7.11. The molecule has 0 saturated heterocycles. The number of halogens is 1. The molecule has 0 fully saturated rings. The Balaban J connectivity index is 1.85. The molecule has 0 unspecified atom stereocenters. The molecular formula is C24H15BBrN. The van der Waals surface area contributed by atoms with E-state index in [1.54, 1.807) is 0 Å². The molecule has 0 bridgehead atoms. The summed E-state index contributed by atoms with van der Waals surface area (Å²) in [6, 6.07) is 32.9. The van der Waals surface area contributed by atoms with Crippen molar-refractivity contribution in [3.63, 3.8) is 0 Å². The second-order valence-corrected chi connectivity index (χ2v) is 7.96. The lowest BCUT2D eigenvalue weighted by Gasteiger charge is -2.27. The predicted octanol–water partition coefficient (Wildman–Crippen LogP) is 4.38. The summed E-state index contributed by atoms with van der Waals surface area (Å²) < 4.78 is 3.61. The lowest BCUT2D eigenvalue weighted by atomic mass is 9.35. The Labute approximate surface area is 166 Å². The van der Waals surface area contributed by atoms with E-state index in [0.29, 0.717) is 0 Å². The summed E-state index contributed by atoms with van der Waals surface area (Å²) in [7, 11) is 0. The zero-order chi connectivity index (χ0) is 18.0. The standard InChI is InChI=1S/C24H15BBrN/c26-21-13-4-2-10-18(21)25-19-11-3-6-15-23(19)27-22-14-5-1-8-16(22)17-9-7-12-20(25)24(17)27/h1-15H. The minimum atomic E-state index is 0.220. The van der Waals surface area contributed by atoms with Gasteiger partial charge in [-0.05, 0) is 29.1 Å². The van der Waals surface area contributed by atoms with Gasteiger partial charge in [-0.15, -0.1) is 0 Å². The molecule has 126 valence electrons. The number of nitrogens with zero attached hydrogens (tertiary/aromatic N) is 1. The first kappa shape index (κ1) is 15.3. The Morgan fingerprint density at radius 1 is 0.593 bits per heavy atom. The van der Waals surface area contributed by atoms with Crippen LogP contribution in [-0.2, 0) is 0 Å². The summed E-state index contributed by atoms with van der Waals surface area (Å²) in [5.74, 6) is 0. The summed E-state index contributed by atoms with van der Waals surface area (Å²) in [6.45, 7) is 0.220. The van der Waals surface area contributed by atoms with Crippen LogP contribution in [0.25, 0.3) is 27.5 Å². The van der Waals surface area contributed by atoms with E-state index in [0.717, 1.165) is 4.47 Å². The average Bonchev–Trinajstić information content (AvgIpc) is 3.06. The van der Waals surface area contributed by atoms with Crippen LogP contribution in [0.4, 0.5) is 0 Å². The highest BCUT2D eigenvalue weighted by molar-refractivity contribution is 9.10. The number of benzene rings is 4. The van der Waals surface area contributed by atoms with E-state index in [2.05, 4.69) is 111 Å². The molecule has 0 aliphatic carbocycles. The van der Waals surface area contributed by atoms with Crippen molar-refractivity contribution in [2.45, 2.75) is 0 Å². The smallest absolute Gasteiger partial charge is 0.248 e. The molecule has 4 aromatic carbocycles. The minimum Gasteiger partial charge on any atom is -0.310 e. The third-order valence-corrected chi connectivity index (χ3v) is 6.46. The van der Waals surface area contributed by atoms with Crippen molar-refractivity contribution >= 4 is 60.8 Å². The van der Waals surface area contributed by atoms with Crippen LogP contribution in [0.3, 0.4) is 0 Å². The number of hydrogen-bond donors (Lipinski definition) is 0. The Bertz CT molecular complexity index is 1350. The van der Waals surface area contributed by atoms with Crippen molar-refractivity contribution in [1.29, 1.82) is 0 Å². The van der Waals surface area contributed by atoms with Gasteiger partial charge in [-0.25, -0.2) is 0 Å². The lowest BCUT2D eigenvalue weighted by Crippen LogP contribution is -2.56. The topological polar surface area (TPSA) is 4.93 Å². The molecule has 2 heterocycles. The van der Waals surface area contributed by atoms with Gasteiger partial charge in [0.15, 0.2) is 0 Å². The van der Waals surface area contributed by atoms with Crippen molar-refractivity contribution in [1.82, 2.24) is 4.57 Å². The van der Waals surface area contributed by atoms with E-state index in [1.807, 2.05) is 0 Å². The van der Waals surface area contributed by atoms with E-state index in [-0.39, 0.29) is 6.71 Å². The Hall–Kier alpha value is -2.78. The fraction of sp³-hybridized carbons (Fsp3) is 0. The molecule has 1 aliphatic heterocycles. The first-order valence-electron chi connectivity index (χ1n) is 9.20. The summed E-state index contributed by atoms with van der Waals surface area (Å²) in [5, 5.41) is 2.64. The van der Waals surface area contributed by atoms with Crippen LogP contribution in [0, 0.1) is 0 Å². The van der Waals surface area contributed by atoms with Crippen LogP contribution in [0.15, 0.2) is 95.5 Å². The van der Waals surface area contributed by atoms with Crippen LogP contribution in [0.1, 0.15) is 0 Å². The van der Waals surface area contributed by atoms with Crippen molar-refractivity contribution in [3.8, 4) is 5.69 Å². The second kappa shape index (κ2) is 5.61. The van der Waals surface area contributed by atoms with Gasteiger partial charge in [0.1, 0.15) is 0 Å². The molecule has 0 atom stereocenters. The van der Waals surface area contributed by atoms with Gasteiger partial charge in [0.2, 0.25) is 6.71 Å². The van der Waals surface area contributed by atoms with Crippen molar-refractivity contribution in [2.75, 3.05) is 0 Å². The molecular weight excluding hydrogens is 393 g/mol. The highest BCUT2D eigenvalue weighted by Crippen LogP contribution is 2.32. The number of aromatic nitrogens is 1. The largest absolute Gasteiger partial charge is 0.310 e. The van der Waals surface area contributed by atoms with Crippen LogP contribution in [0.2, 0.25) is 0 Å². The molecule has 3 heteroatoms. The van der Waals surface area contributed by atoms with Crippen molar-refractivity contribution in [3.05, 3.63) is 95.5 Å².